The molecule has 1 fully saturated rings. The monoisotopic (exact) mass is 380 g/mol. The second-order valence-corrected chi connectivity index (χ2v) is 6.74. The van der Waals surface area contributed by atoms with Crippen LogP contribution >= 0.6 is 0 Å². The van der Waals surface area contributed by atoms with Gasteiger partial charge in [0.05, 0.1) is 12.5 Å². The van der Waals surface area contributed by atoms with Crippen LogP contribution in [0.5, 0.6) is 11.5 Å². The van der Waals surface area contributed by atoms with E-state index in [1.165, 1.54) is 0 Å². The molecule has 0 bridgehead atoms. The van der Waals surface area contributed by atoms with Gasteiger partial charge in [0.1, 0.15) is 11.3 Å². The number of fused-ring (bicyclic) bond motifs is 1. The van der Waals surface area contributed by atoms with Crippen LogP contribution < -0.4 is 14.9 Å². The highest BCUT2D eigenvalue weighted by Crippen LogP contribution is 2.32. The van der Waals surface area contributed by atoms with E-state index in [4.69, 9.17) is 18.6 Å². The van der Waals surface area contributed by atoms with Crippen molar-refractivity contribution in [3.63, 3.8) is 0 Å². The minimum Gasteiger partial charge on any atom is -0.497 e. The maximum absolute atomic E-state index is 13.1. The normalized spacial score (nSPS) is 16.3. The number of ether oxygens (including phenoxy) is 3. The average Bonchev–Trinajstić information content (AvgIpc) is 3.25. The van der Waals surface area contributed by atoms with Gasteiger partial charge in [-0.25, -0.2) is 4.79 Å². The predicted octanol–water partition coefficient (Wildman–Crippen LogP) is 3.86. The van der Waals surface area contributed by atoms with E-state index in [1.54, 1.807) is 43.5 Å². The highest BCUT2D eigenvalue weighted by molar-refractivity contribution is 5.85. The Morgan fingerprint density at radius 2 is 1.93 bits per heavy atom. The fourth-order valence-corrected chi connectivity index (χ4v) is 3.25. The van der Waals surface area contributed by atoms with Crippen molar-refractivity contribution < 1.29 is 23.4 Å². The highest BCUT2D eigenvalue weighted by Gasteiger charge is 2.28. The lowest BCUT2D eigenvalue weighted by molar-refractivity contribution is -0.144. The molecule has 2 aromatic carbocycles. The van der Waals surface area contributed by atoms with Crippen LogP contribution in [0.15, 0.2) is 51.7 Å². The SMILES string of the molecule is COc1ccc(-c2oc3ccc(C)cc3c(=O)c2OC(=O)C2CCCO2)cc1. The van der Waals surface area contributed by atoms with Crippen LogP contribution in [0, 0.1) is 6.92 Å². The molecule has 144 valence electrons. The van der Waals surface area contributed by atoms with Gasteiger partial charge in [0.2, 0.25) is 11.2 Å². The maximum atomic E-state index is 13.1. The standard InChI is InChI=1S/C22H20O6/c1-13-5-10-17-16(12-13)19(23)21(28-22(24)18-4-3-11-26-18)20(27-17)14-6-8-15(25-2)9-7-14/h5-10,12,18H,3-4,11H2,1-2H3. The van der Waals surface area contributed by atoms with Gasteiger partial charge in [-0.15, -0.1) is 0 Å². The first-order chi connectivity index (χ1) is 13.6. The fourth-order valence-electron chi connectivity index (χ4n) is 3.25. The Morgan fingerprint density at radius 3 is 2.61 bits per heavy atom. The molecule has 0 spiro atoms. The second kappa shape index (κ2) is 7.48. The molecule has 3 aromatic rings. The molecule has 0 radical (unpaired) electrons. The second-order valence-electron chi connectivity index (χ2n) is 6.74. The zero-order valence-corrected chi connectivity index (χ0v) is 15.7. The molecule has 1 aliphatic rings. The summed E-state index contributed by atoms with van der Waals surface area (Å²) >= 11 is 0. The van der Waals surface area contributed by atoms with Crippen molar-refractivity contribution in [2.45, 2.75) is 25.9 Å². The molecule has 0 aliphatic carbocycles. The predicted molar refractivity (Wildman–Crippen MR) is 104 cm³/mol. The number of carbonyl (C=O) groups is 1. The van der Waals surface area contributed by atoms with Crippen LogP contribution in [0.4, 0.5) is 0 Å². The zero-order valence-electron chi connectivity index (χ0n) is 15.7. The lowest BCUT2D eigenvalue weighted by Crippen LogP contribution is -2.27. The number of hydrogen-bond acceptors (Lipinski definition) is 6. The highest BCUT2D eigenvalue weighted by atomic mass is 16.6. The molecule has 1 aliphatic heterocycles. The summed E-state index contributed by atoms with van der Waals surface area (Å²) in [5.74, 6) is 0.172. The first kappa shape index (κ1) is 18.3. The Labute approximate surface area is 161 Å². The van der Waals surface area contributed by atoms with Gasteiger partial charge < -0.3 is 18.6 Å². The molecule has 28 heavy (non-hydrogen) atoms. The molecule has 0 N–H and O–H groups in total. The Hall–Kier alpha value is -3.12. The third kappa shape index (κ3) is 3.39. The molecule has 2 heterocycles. The van der Waals surface area contributed by atoms with Crippen LogP contribution in [0.2, 0.25) is 0 Å². The Kier molecular flexibility index (Phi) is 4.88. The van der Waals surface area contributed by atoms with E-state index < -0.39 is 12.1 Å². The van der Waals surface area contributed by atoms with E-state index in [1.807, 2.05) is 13.0 Å². The first-order valence-corrected chi connectivity index (χ1v) is 9.12. The molecule has 1 aromatic heterocycles. The smallest absolute Gasteiger partial charge is 0.340 e. The summed E-state index contributed by atoms with van der Waals surface area (Å²) in [4.78, 5) is 25.7. The summed E-state index contributed by atoms with van der Waals surface area (Å²) in [6.45, 7) is 2.39. The van der Waals surface area contributed by atoms with Crippen LogP contribution in [-0.2, 0) is 9.53 Å². The third-order valence-electron chi connectivity index (χ3n) is 4.75. The molecule has 0 saturated carbocycles. The van der Waals surface area contributed by atoms with Crippen LogP contribution in [0.3, 0.4) is 0 Å². The molecule has 1 unspecified atom stereocenters. The van der Waals surface area contributed by atoms with Gasteiger partial charge in [0.25, 0.3) is 0 Å². The van der Waals surface area contributed by atoms with E-state index >= 15 is 0 Å². The third-order valence-corrected chi connectivity index (χ3v) is 4.75. The maximum Gasteiger partial charge on any atom is 0.340 e. The molecule has 1 saturated heterocycles. The molecule has 4 rings (SSSR count). The summed E-state index contributed by atoms with van der Waals surface area (Å²) in [7, 11) is 1.57. The quantitative estimate of drug-likeness (QED) is 0.640. The van der Waals surface area contributed by atoms with Gasteiger partial charge in [-0.3, -0.25) is 4.79 Å². The van der Waals surface area contributed by atoms with Crippen molar-refractivity contribution in [2.24, 2.45) is 0 Å². The minimum atomic E-state index is -0.656. The summed E-state index contributed by atoms with van der Waals surface area (Å²) in [6.07, 6.45) is 0.710. The first-order valence-electron chi connectivity index (χ1n) is 9.12. The molecular formula is C22H20O6. The fraction of sp³-hybridized carbons (Fsp3) is 0.273. The Morgan fingerprint density at radius 1 is 1.14 bits per heavy atom. The van der Waals surface area contributed by atoms with Gasteiger partial charge in [-0.1, -0.05) is 11.6 Å². The minimum absolute atomic E-state index is 0.122. The topological polar surface area (TPSA) is 75.0 Å². The Bertz CT molecular complexity index is 1070. The van der Waals surface area contributed by atoms with Gasteiger partial charge in [-0.2, -0.15) is 0 Å². The number of methoxy groups -OCH3 is 1. The van der Waals surface area contributed by atoms with Crippen molar-refractivity contribution in [2.75, 3.05) is 13.7 Å². The number of rotatable bonds is 4. The van der Waals surface area contributed by atoms with Crippen LogP contribution in [0.1, 0.15) is 18.4 Å². The molecule has 6 heteroatoms. The number of carbonyl (C=O) groups excluding carboxylic acids is 1. The van der Waals surface area contributed by atoms with Gasteiger partial charge in [0.15, 0.2) is 11.9 Å². The molecular weight excluding hydrogens is 360 g/mol. The van der Waals surface area contributed by atoms with Gasteiger partial charge in [0, 0.05) is 12.2 Å². The van der Waals surface area contributed by atoms with Gasteiger partial charge >= 0.3 is 5.97 Å². The van der Waals surface area contributed by atoms with Crippen LogP contribution in [0.25, 0.3) is 22.3 Å². The van der Waals surface area contributed by atoms with E-state index in [9.17, 15) is 9.59 Å². The lowest BCUT2D eigenvalue weighted by atomic mass is 10.1. The summed E-state index contributed by atoms with van der Waals surface area (Å²) < 4.78 is 22.1. The van der Waals surface area contributed by atoms with E-state index in [-0.39, 0.29) is 16.9 Å². The molecule has 6 nitrogen and oxygen atoms in total. The summed E-state index contributed by atoms with van der Waals surface area (Å²) in [5, 5.41) is 0.368. The Balaban J connectivity index is 1.86. The van der Waals surface area contributed by atoms with Gasteiger partial charge in [-0.05, 0) is 56.2 Å². The average molecular weight is 380 g/mol. The van der Waals surface area contributed by atoms with Crippen molar-refractivity contribution in [1.82, 2.24) is 0 Å². The van der Waals surface area contributed by atoms with Crippen molar-refractivity contribution in [3.8, 4) is 22.8 Å². The van der Waals surface area contributed by atoms with E-state index in [0.717, 1.165) is 12.0 Å². The van der Waals surface area contributed by atoms with E-state index in [2.05, 4.69) is 0 Å². The van der Waals surface area contributed by atoms with E-state index in [0.29, 0.717) is 35.3 Å². The molecule has 0 amide bonds. The number of benzene rings is 2. The van der Waals surface area contributed by atoms with Crippen molar-refractivity contribution in [1.29, 1.82) is 0 Å². The van der Waals surface area contributed by atoms with Crippen molar-refractivity contribution in [3.05, 3.63) is 58.3 Å². The number of hydrogen-bond donors (Lipinski definition) is 0. The zero-order chi connectivity index (χ0) is 19.7. The molecule has 1 atom stereocenters. The summed E-state index contributed by atoms with van der Waals surface area (Å²) in [5.41, 5.74) is 1.56. The van der Waals surface area contributed by atoms with Crippen LogP contribution in [-0.4, -0.2) is 25.8 Å². The lowest BCUT2D eigenvalue weighted by Gasteiger charge is -2.13. The summed E-state index contributed by atoms with van der Waals surface area (Å²) in [6, 6.07) is 12.3. The largest absolute Gasteiger partial charge is 0.497 e. The number of aryl methyl sites for hydroxylation is 1. The van der Waals surface area contributed by atoms with Crippen molar-refractivity contribution >= 4 is 16.9 Å². The number of esters is 1.